The monoisotopic (exact) mass is 229 g/mol. The van der Waals surface area contributed by atoms with Gasteiger partial charge in [-0.2, -0.15) is 0 Å². The van der Waals surface area contributed by atoms with Crippen LogP contribution in [0.2, 0.25) is 0 Å². The average Bonchev–Trinajstić information content (AvgIpc) is 2.76. The van der Waals surface area contributed by atoms with Crippen LogP contribution in [0.3, 0.4) is 0 Å². The van der Waals surface area contributed by atoms with Crippen LogP contribution in [0.25, 0.3) is 10.9 Å². The zero-order valence-electron chi connectivity index (χ0n) is 9.44. The summed E-state index contributed by atoms with van der Waals surface area (Å²) >= 11 is 0. The Labute approximate surface area is 99.5 Å². The fourth-order valence-electron chi connectivity index (χ4n) is 1.65. The predicted molar refractivity (Wildman–Crippen MR) is 69.7 cm³/mol. The van der Waals surface area contributed by atoms with Gasteiger partial charge in [-0.1, -0.05) is 6.08 Å². The highest BCUT2D eigenvalue weighted by atomic mass is 16.2. The molecule has 4 N–H and O–H groups in total. The summed E-state index contributed by atoms with van der Waals surface area (Å²) in [4.78, 5) is 14.8. The zero-order valence-corrected chi connectivity index (χ0v) is 9.44. The molecule has 1 aromatic carbocycles. The molecule has 1 heterocycles. The SMILES string of the molecule is C=CCC(N)C(=O)Nc1ccc2[nH]ccc2c1. The quantitative estimate of drug-likeness (QED) is 0.702. The third kappa shape index (κ3) is 2.54. The Hall–Kier alpha value is -2.07. The number of rotatable bonds is 4. The molecule has 0 bridgehead atoms. The first-order chi connectivity index (χ1) is 8.20. The minimum atomic E-state index is -0.547. The number of carbonyl (C=O) groups is 1. The molecule has 0 saturated heterocycles. The molecule has 4 heteroatoms. The second kappa shape index (κ2) is 4.84. The van der Waals surface area contributed by atoms with E-state index in [1.807, 2.05) is 30.5 Å². The Bertz CT molecular complexity index is 544. The number of nitrogens with one attached hydrogen (secondary N) is 2. The van der Waals surface area contributed by atoms with E-state index in [0.717, 1.165) is 16.6 Å². The normalized spacial score (nSPS) is 12.3. The van der Waals surface area contributed by atoms with E-state index in [-0.39, 0.29) is 5.91 Å². The lowest BCUT2D eigenvalue weighted by Crippen LogP contribution is -2.35. The van der Waals surface area contributed by atoms with Crippen LogP contribution in [0, 0.1) is 0 Å². The van der Waals surface area contributed by atoms with Gasteiger partial charge in [0.15, 0.2) is 0 Å². The molecule has 2 aromatic rings. The molecule has 0 saturated carbocycles. The lowest BCUT2D eigenvalue weighted by Gasteiger charge is -2.10. The second-order valence-corrected chi connectivity index (χ2v) is 3.90. The molecule has 2 rings (SSSR count). The summed E-state index contributed by atoms with van der Waals surface area (Å²) in [6.07, 6.45) is 3.97. The number of amides is 1. The first-order valence-electron chi connectivity index (χ1n) is 5.45. The number of H-pyrrole nitrogens is 1. The van der Waals surface area contributed by atoms with Gasteiger partial charge in [0.1, 0.15) is 0 Å². The number of anilines is 1. The molecule has 88 valence electrons. The summed E-state index contributed by atoms with van der Waals surface area (Å²) in [6, 6.07) is 7.08. The van der Waals surface area contributed by atoms with E-state index in [2.05, 4.69) is 16.9 Å². The highest BCUT2D eigenvalue weighted by Crippen LogP contribution is 2.17. The maximum atomic E-state index is 11.7. The van der Waals surface area contributed by atoms with Gasteiger partial charge >= 0.3 is 0 Å². The third-order valence-corrected chi connectivity index (χ3v) is 2.58. The van der Waals surface area contributed by atoms with E-state index in [1.165, 1.54) is 0 Å². The maximum Gasteiger partial charge on any atom is 0.241 e. The van der Waals surface area contributed by atoms with E-state index in [1.54, 1.807) is 6.08 Å². The van der Waals surface area contributed by atoms with Crippen molar-refractivity contribution in [2.45, 2.75) is 12.5 Å². The van der Waals surface area contributed by atoms with Crippen molar-refractivity contribution in [2.75, 3.05) is 5.32 Å². The number of hydrogen-bond donors (Lipinski definition) is 3. The van der Waals surface area contributed by atoms with Gasteiger partial charge in [-0.3, -0.25) is 4.79 Å². The topological polar surface area (TPSA) is 70.9 Å². The number of nitrogens with two attached hydrogens (primary N) is 1. The average molecular weight is 229 g/mol. The summed E-state index contributed by atoms with van der Waals surface area (Å²) in [7, 11) is 0. The molecule has 17 heavy (non-hydrogen) atoms. The molecule has 1 unspecified atom stereocenters. The lowest BCUT2D eigenvalue weighted by atomic mass is 10.2. The number of fused-ring (bicyclic) bond motifs is 1. The highest BCUT2D eigenvalue weighted by molar-refractivity contribution is 5.96. The molecule has 0 aliphatic rings. The summed E-state index contributed by atoms with van der Waals surface area (Å²) < 4.78 is 0. The Morgan fingerprint density at radius 1 is 1.53 bits per heavy atom. The number of hydrogen-bond acceptors (Lipinski definition) is 2. The van der Waals surface area contributed by atoms with Crippen molar-refractivity contribution < 1.29 is 4.79 Å². The molecule has 0 aliphatic heterocycles. The van der Waals surface area contributed by atoms with E-state index >= 15 is 0 Å². The summed E-state index contributed by atoms with van der Waals surface area (Å²) in [5.41, 5.74) is 7.47. The van der Waals surface area contributed by atoms with Gasteiger partial charge in [0, 0.05) is 22.8 Å². The van der Waals surface area contributed by atoms with Crippen LogP contribution in [-0.4, -0.2) is 16.9 Å². The Balaban J connectivity index is 2.12. The van der Waals surface area contributed by atoms with Crippen molar-refractivity contribution in [3.05, 3.63) is 43.1 Å². The van der Waals surface area contributed by atoms with Gasteiger partial charge in [-0.05, 0) is 30.7 Å². The molecular formula is C13H15N3O. The third-order valence-electron chi connectivity index (χ3n) is 2.58. The van der Waals surface area contributed by atoms with Gasteiger partial charge in [0.2, 0.25) is 5.91 Å². The minimum absolute atomic E-state index is 0.195. The largest absolute Gasteiger partial charge is 0.361 e. The standard InChI is InChI=1S/C13H15N3O/c1-2-3-11(14)13(17)16-10-4-5-12-9(8-10)6-7-15-12/h2,4-8,11,15H,1,3,14H2,(H,16,17). The van der Waals surface area contributed by atoms with Gasteiger partial charge in [0.25, 0.3) is 0 Å². The molecule has 1 aromatic heterocycles. The van der Waals surface area contributed by atoms with Crippen molar-refractivity contribution in [3.8, 4) is 0 Å². The molecular weight excluding hydrogens is 214 g/mol. The zero-order chi connectivity index (χ0) is 12.3. The van der Waals surface area contributed by atoms with E-state index in [0.29, 0.717) is 6.42 Å². The molecule has 0 aliphatic carbocycles. The van der Waals surface area contributed by atoms with Gasteiger partial charge in [-0.25, -0.2) is 0 Å². The van der Waals surface area contributed by atoms with Gasteiger partial charge in [0.05, 0.1) is 6.04 Å². The summed E-state index contributed by atoms with van der Waals surface area (Å²) in [6.45, 7) is 3.56. The molecule has 0 spiro atoms. The Morgan fingerprint density at radius 3 is 3.12 bits per heavy atom. The van der Waals surface area contributed by atoms with Crippen molar-refractivity contribution >= 4 is 22.5 Å². The summed E-state index contributed by atoms with van der Waals surface area (Å²) in [5, 5.41) is 3.84. The predicted octanol–water partition coefficient (Wildman–Crippen LogP) is 2.01. The molecule has 1 atom stereocenters. The fraction of sp³-hybridized carbons (Fsp3) is 0.154. The first kappa shape index (κ1) is 11.4. The molecule has 0 radical (unpaired) electrons. The van der Waals surface area contributed by atoms with E-state index in [4.69, 9.17) is 5.73 Å². The molecule has 4 nitrogen and oxygen atoms in total. The second-order valence-electron chi connectivity index (χ2n) is 3.90. The van der Waals surface area contributed by atoms with Gasteiger partial charge < -0.3 is 16.0 Å². The van der Waals surface area contributed by atoms with Crippen LogP contribution >= 0.6 is 0 Å². The first-order valence-corrected chi connectivity index (χ1v) is 5.45. The minimum Gasteiger partial charge on any atom is -0.361 e. The number of aromatic nitrogens is 1. The van der Waals surface area contributed by atoms with Crippen molar-refractivity contribution in [3.63, 3.8) is 0 Å². The smallest absolute Gasteiger partial charge is 0.241 e. The summed E-state index contributed by atoms with van der Waals surface area (Å²) in [5.74, 6) is -0.195. The van der Waals surface area contributed by atoms with Crippen LogP contribution in [-0.2, 0) is 4.79 Å². The lowest BCUT2D eigenvalue weighted by molar-refractivity contribution is -0.117. The number of carbonyl (C=O) groups excluding carboxylic acids is 1. The van der Waals surface area contributed by atoms with Gasteiger partial charge in [-0.15, -0.1) is 6.58 Å². The van der Waals surface area contributed by atoms with Crippen molar-refractivity contribution in [1.82, 2.24) is 4.98 Å². The number of aromatic amines is 1. The highest BCUT2D eigenvalue weighted by Gasteiger charge is 2.11. The van der Waals surface area contributed by atoms with Crippen LogP contribution in [0.1, 0.15) is 6.42 Å². The fourth-order valence-corrected chi connectivity index (χ4v) is 1.65. The van der Waals surface area contributed by atoms with E-state index < -0.39 is 6.04 Å². The van der Waals surface area contributed by atoms with Crippen molar-refractivity contribution in [1.29, 1.82) is 0 Å². The Morgan fingerprint density at radius 2 is 2.35 bits per heavy atom. The van der Waals surface area contributed by atoms with Crippen LogP contribution in [0.15, 0.2) is 43.1 Å². The van der Waals surface area contributed by atoms with Crippen LogP contribution < -0.4 is 11.1 Å². The van der Waals surface area contributed by atoms with Crippen LogP contribution in [0.5, 0.6) is 0 Å². The molecule has 1 amide bonds. The van der Waals surface area contributed by atoms with Crippen molar-refractivity contribution in [2.24, 2.45) is 5.73 Å². The van der Waals surface area contributed by atoms with Crippen LogP contribution in [0.4, 0.5) is 5.69 Å². The van der Waals surface area contributed by atoms with E-state index in [9.17, 15) is 4.79 Å². The Kier molecular flexibility index (Phi) is 3.25. The molecule has 0 fully saturated rings. The number of benzene rings is 1. The maximum absolute atomic E-state index is 11.7.